The molecule has 5 heteroatoms. The van der Waals surface area contributed by atoms with Crippen LogP contribution in [0.5, 0.6) is 0 Å². The monoisotopic (exact) mass is 223 g/mol. The third-order valence-corrected chi connectivity index (χ3v) is 3.42. The number of H-pyrrole nitrogens is 1. The zero-order valence-corrected chi connectivity index (χ0v) is 9.65. The molecule has 1 heterocycles. The van der Waals surface area contributed by atoms with Gasteiger partial charge in [-0.15, -0.1) is 0 Å². The number of hydrogen-bond acceptors (Lipinski definition) is 4. The van der Waals surface area contributed by atoms with Gasteiger partial charge in [0.05, 0.1) is 0 Å². The van der Waals surface area contributed by atoms with Crippen LogP contribution in [0.1, 0.15) is 31.5 Å². The minimum atomic E-state index is 0.639. The van der Waals surface area contributed by atoms with E-state index in [2.05, 4.69) is 20.5 Å². The average Bonchev–Trinajstić information content (AvgIpc) is 2.95. The van der Waals surface area contributed by atoms with Gasteiger partial charge >= 0.3 is 0 Å². The summed E-state index contributed by atoms with van der Waals surface area (Å²) in [6.45, 7) is 1.86. The van der Waals surface area contributed by atoms with Crippen molar-refractivity contribution in [3.8, 4) is 0 Å². The van der Waals surface area contributed by atoms with Crippen LogP contribution in [0.2, 0.25) is 0 Å². The zero-order chi connectivity index (χ0) is 11.2. The molecule has 2 rings (SSSR count). The first-order valence-corrected chi connectivity index (χ1v) is 6.18. The Bertz CT molecular complexity index is 285. The van der Waals surface area contributed by atoms with Crippen LogP contribution in [0, 0.1) is 5.92 Å². The number of aromatic nitrogens is 3. The van der Waals surface area contributed by atoms with Gasteiger partial charge in [-0.2, -0.15) is 5.10 Å². The molecule has 5 nitrogen and oxygen atoms in total. The van der Waals surface area contributed by atoms with Crippen molar-refractivity contribution in [3.05, 3.63) is 12.2 Å². The first-order valence-electron chi connectivity index (χ1n) is 6.18. The van der Waals surface area contributed by atoms with Crippen molar-refractivity contribution in [3.63, 3.8) is 0 Å². The van der Waals surface area contributed by atoms with E-state index in [0.717, 1.165) is 31.8 Å². The first kappa shape index (κ1) is 11.5. The number of rotatable bonds is 6. The van der Waals surface area contributed by atoms with Crippen LogP contribution >= 0.6 is 0 Å². The van der Waals surface area contributed by atoms with E-state index in [1.165, 1.54) is 19.3 Å². The van der Waals surface area contributed by atoms with E-state index in [9.17, 15) is 0 Å². The Balaban J connectivity index is 1.61. The average molecular weight is 223 g/mol. The van der Waals surface area contributed by atoms with Crippen molar-refractivity contribution in [2.45, 2.75) is 38.1 Å². The molecule has 2 unspecified atom stereocenters. The normalized spacial score (nSPS) is 25.1. The first-order chi connectivity index (χ1) is 7.90. The highest BCUT2D eigenvalue weighted by molar-refractivity contribution is 4.84. The van der Waals surface area contributed by atoms with Gasteiger partial charge in [0.25, 0.3) is 0 Å². The van der Waals surface area contributed by atoms with Crippen LogP contribution in [-0.4, -0.2) is 34.3 Å². The lowest BCUT2D eigenvalue weighted by Gasteiger charge is -2.19. The molecule has 1 aliphatic carbocycles. The predicted molar refractivity (Wildman–Crippen MR) is 62.9 cm³/mol. The van der Waals surface area contributed by atoms with Gasteiger partial charge in [0, 0.05) is 12.5 Å². The molecule has 90 valence electrons. The summed E-state index contributed by atoms with van der Waals surface area (Å²) in [5.41, 5.74) is 5.74. The highest BCUT2D eigenvalue weighted by Crippen LogP contribution is 2.24. The van der Waals surface area contributed by atoms with Gasteiger partial charge in [0.15, 0.2) is 0 Å². The quantitative estimate of drug-likeness (QED) is 0.612. The van der Waals surface area contributed by atoms with E-state index in [1.54, 1.807) is 6.33 Å². The van der Waals surface area contributed by atoms with Crippen molar-refractivity contribution >= 4 is 0 Å². The Morgan fingerprint density at radius 3 is 3.19 bits per heavy atom. The fraction of sp³-hybridized carbons (Fsp3) is 0.818. The second-order valence-electron chi connectivity index (χ2n) is 4.52. The van der Waals surface area contributed by atoms with E-state index in [-0.39, 0.29) is 0 Å². The molecule has 16 heavy (non-hydrogen) atoms. The van der Waals surface area contributed by atoms with Crippen LogP contribution in [0.3, 0.4) is 0 Å². The number of nitrogens with one attached hydrogen (secondary N) is 2. The molecule has 0 amide bonds. The third-order valence-electron chi connectivity index (χ3n) is 3.42. The van der Waals surface area contributed by atoms with Crippen molar-refractivity contribution in [1.29, 1.82) is 0 Å². The molecule has 1 aromatic heterocycles. The largest absolute Gasteiger partial charge is 0.330 e. The summed E-state index contributed by atoms with van der Waals surface area (Å²) in [5.74, 6) is 1.66. The minimum Gasteiger partial charge on any atom is -0.330 e. The summed E-state index contributed by atoms with van der Waals surface area (Å²) in [7, 11) is 0. The van der Waals surface area contributed by atoms with Crippen LogP contribution in [0.25, 0.3) is 0 Å². The Morgan fingerprint density at radius 1 is 1.50 bits per heavy atom. The molecule has 4 N–H and O–H groups in total. The fourth-order valence-corrected chi connectivity index (χ4v) is 2.48. The maximum Gasteiger partial charge on any atom is 0.137 e. The number of hydrogen-bond donors (Lipinski definition) is 3. The summed E-state index contributed by atoms with van der Waals surface area (Å²) in [6, 6.07) is 0.639. The number of nitrogens with two attached hydrogens (primary N) is 1. The molecule has 2 atom stereocenters. The molecular weight excluding hydrogens is 202 g/mol. The molecule has 1 aliphatic rings. The lowest BCUT2D eigenvalue weighted by Crippen LogP contribution is -2.36. The van der Waals surface area contributed by atoms with Crippen molar-refractivity contribution < 1.29 is 0 Å². The standard InChI is InChI=1S/C11H21N5/c12-7-9-3-1-4-10(9)13-6-2-5-11-14-8-15-16-11/h8-10,13H,1-7,12H2,(H,14,15,16). The van der Waals surface area contributed by atoms with Gasteiger partial charge in [-0.25, -0.2) is 4.98 Å². The van der Waals surface area contributed by atoms with E-state index in [4.69, 9.17) is 5.73 Å². The summed E-state index contributed by atoms with van der Waals surface area (Å²) >= 11 is 0. The smallest absolute Gasteiger partial charge is 0.137 e. The van der Waals surface area contributed by atoms with Crippen molar-refractivity contribution in [2.75, 3.05) is 13.1 Å². The lowest BCUT2D eigenvalue weighted by atomic mass is 10.0. The zero-order valence-electron chi connectivity index (χ0n) is 9.65. The Hall–Kier alpha value is -0.940. The van der Waals surface area contributed by atoms with Crippen molar-refractivity contribution in [1.82, 2.24) is 20.5 Å². The van der Waals surface area contributed by atoms with Gasteiger partial charge < -0.3 is 11.1 Å². The molecular formula is C11H21N5. The third kappa shape index (κ3) is 3.02. The summed E-state index contributed by atoms with van der Waals surface area (Å²) in [4.78, 5) is 4.10. The van der Waals surface area contributed by atoms with Crippen LogP contribution in [0.4, 0.5) is 0 Å². The van der Waals surface area contributed by atoms with Crippen molar-refractivity contribution in [2.24, 2.45) is 11.7 Å². The SMILES string of the molecule is NCC1CCCC1NCCCc1ncn[nH]1. The Labute approximate surface area is 96.2 Å². The molecule has 0 saturated heterocycles. The summed E-state index contributed by atoms with van der Waals surface area (Å²) in [6.07, 6.45) is 7.52. The van der Waals surface area contributed by atoms with Crippen LogP contribution in [-0.2, 0) is 6.42 Å². The molecule has 0 aliphatic heterocycles. The number of nitrogens with zero attached hydrogens (tertiary/aromatic N) is 2. The summed E-state index contributed by atoms with van der Waals surface area (Å²) < 4.78 is 0. The van der Waals surface area contributed by atoms with E-state index >= 15 is 0 Å². The maximum absolute atomic E-state index is 5.74. The van der Waals surface area contributed by atoms with Gasteiger partial charge in [0.2, 0.25) is 0 Å². The van der Waals surface area contributed by atoms with Crippen LogP contribution in [0.15, 0.2) is 6.33 Å². The second kappa shape index (κ2) is 5.96. The van der Waals surface area contributed by atoms with Gasteiger partial charge in [-0.3, -0.25) is 5.10 Å². The molecule has 0 spiro atoms. The van der Waals surface area contributed by atoms with Gasteiger partial charge in [-0.05, 0) is 38.3 Å². The highest BCUT2D eigenvalue weighted by atomic mass is 15.2. The van der Waals surface area contributed by atoms with Crippen LogP contribution < -0.4 is 11.1 Å². The Kier molecular flexibility index (Phi) is 4.30. The van der Waals surface area contributed by atoms with Gasteiger partial charge in [-0.1, -0.05) is 6.42 Å². The molecule has 1 fully saturated rings. The minimum absolute atomic E-state index is 0.639. The predicted octanol–water partition coefficient (Wildman–Crippen LogP) is 0.454. The molecule has 0 aromatic carbocycles. The topological polar surface area (TPSA) is 79.6 Å². The number of aromatic amines is 1. The van der Waals surface area contributed by atoms with E-state index < -0.39 is 0 Å². The Morgan fingerprint density at radius 2 is 2.44 bits per heavy atom. The highest BCUT2D eigenvalue weighted by Gasteiger charge is 2.24. The summed E-state index contributed by atoms with van der Waals surface area (Å²) in [5, 5.41) is 10.3. The molecule has 0 radical (unpaired) electrons. The van der Waals surface area contributed by atoms with E-state index in [0.29, 0.717) is 12.0 Å². The molecule has 1 saturated carbocycles. The number of aryl methyl sites for hydroxylation is 1. The second-order valence-corrected chi connectivity index (χ2v) is 4.52. The molecule has 0 bridgehead atoms. The van der Waals surface area contributed by atoms with E-state index in [1.807, 2.05) is 0 Å². The fourth-order valence-electron chi connectivity index (χ4n) is 2.48. The lowest BCUT2D eigenvalue weighted by molar-refractivity contribution is 0.405. The van der Waals surface area contributed by atoms with Gasteiger partial charge in [0.1, 0.15) is 12.2 Å². The maximum atomic E-state index is 5.74. The molecule has 1 aromatic rings.